The highest BCUT2D eigenvalue weighted by Gasteiger charge is 2.22. The van der Waals surface area contributed by atoms with Gasteiger partial charge in [-0.05, 0) is 18.9 Å². The molecule has 1 atom stereocenters. The number of hydrogen-bond acceptors (Lipinski definition) is 5. The first-order valence-corrected chi connectivity index (χ1v) is 8.44. The third-order valence-corrected chi connectivity index (χ3v) is 4.24. The Bertz CT molecular complexity index is 595. The molecule has 2 heterocycles. The summed E-state index contributed by atoms with van der Waals surface area (Å²) in [7, 11) is 0. The largest absolute Gasteiger partial charge is 0.478 e. The van der Waals surface area contributed by atoms with Gasteiger partial charge in [0.1, 0.15) is 6.10 Å². The van der Waals surface area contributed by atoms with Gasteiger partial charge in [0.2, 0.25) is 11.8 Å². The van der Waals surface area contributed by atoms with Gasteiger partial charge in [-0.15, -0.1) is 6.58 Å². The highest BCUT2D eigenvalue weighted by molar-refractivity contribution is 5.87. The van der Waals surface area contributed by atoms with Gasteiger partial charge in [-0.3, -0.25) is 9.69 Å². The summed E-state index contributed by atoms with van der Waals surface area (Å²) in [4.78, 5) is 30.5. The number of aromatic nitrogens is 1. The fraction of sp³-hybridized carbons (Fsp3) is 0.500. The molecule has 0 aromatic carbocycles. The van der Waals surface area contributed by atoms with Gasteiger partial charge in [-0.25, -0.2) is 9.78 Å². The van der Waals surface area contributed by atoms with Crippen molar-refractivity contribution in [3.8, 4) is 5.88 Å². The first-order chi connectivity index (χ1) is 12.0. The van der Waals surface area contributed by atoms with E-state index >= 15 is 0 Å². The molecule has 1 amide bonds. The van der Waals surface area contributed by atoms with E-state index in [1.54, 1.807) is 13.0 Å². The van der Waals surface area contributed by atoms with Crippen molar-refractivity contribution in [1.82, 2.24) is 14.8 Å². The average molecular weight is 347 g/mol. The number of rotatable bonds is 8. The van der Waals surface area contributed by atoms with Gasteiger partial charge in [-0.1, -0.05) is 6.08 Å². The van der Waals surface area contributed by atoms with Crippen LogP contribution in [0.1, 0.15) is 30.1 Å². The van der Waals surface area contributed by atoms with Crippen molar-refractivity contribution in [3.05, 3.63) is 36.5 Å². The van der Waals surface area contributed by atoms with Crippen LogP contribution in [0.3, 0.4) is 0 Å². The zero-order chi connectivity index (χ0) is 18.2. The van der Waals surface area contributed by atoms with Gasteiger partial charge in [0.15, 0.2) is 0 Å². The molecule has 1 N–H and O–H groups in total. The average Bonchev–Trinajstić information content (AvgIpc) is 2.60. The molecule has 1 aromatic heterocycles. The fourth-order valence-electron chi connectivity index (χ4n) is 2.77. The molecular weight excluding hydrogens is 322 g/mol. The van der Waals surface area contributed by atoms with Crippen LogP contribution < -0.4 is 4.74 Å². The number of carboxylic acid groups (broad SMARTS) is 1. The lowest BCUT2D eigenvalue weighted by Crippen LogP contribution is -2.50. The van der Waals surface area contributed by atoms with Crippen molar-refractivity contribution in [2.24, 2.45) is 0 Å². The molecule has 25 heavy (non-hydrogen) atoms. The Kier molecular flexibility index (Phi) is 6.94. The van der Waals surface area contributed by atoms with Crippen molar-refractivity contribution >= 4 is 11.9 Å². The van der Waals surface area contributed by atoms with Crippen LogP contribution in [-0.4, -0.2) is 70.6 Å². The van der Waals surface area contributed by atoms with E-state index in [9.17, 15) is 9.59 Å². The lowest BCUT2D eigenvalue weighted by molar-refractivity contribution is -0.130. The third-order valence-electron chi connectivity index (χ3n) is 4.24. The Morgan fingerprint density at radius 2 is 2.08 bits per heavy atom. The fourth-order valence-corrected chi connectivity index (χ4v) is 2.77. The van der Waals surface area contributed by atoms with Gasteiger partial charge in [0, 0.05) is 51.9 Å². The minimum atomic E-state index is -1.01. The number of allylic oxidation sites excluding steroid dienone is 1. The number of ether oxygens (including phenoxy) is 1. The molecule has 0 radical (unpaired) electrons. The van der Waals surface area contributed by atoms with E-state index in [0.717, 1.165) is 45.6 Å². The van der Waals surface area contributed by atoms with E-state index < -0.39 is 5.97 Å². The summed E-state index contributed by atoms with van der Waals surface area (Å²) in [6.45, 7) is 9.19. The molecule has 0 saturated carbocycles. The minimum absolute atomic E-state index is 0.0648. The number of carbonyl (C=O) groups excluding carboxylic acids is 1. The number of aromatic carboxylic acids is 1. The Hall–Kier alpha value is -2.41. The molecular formula is C18H25N3O4. The van der Waals surface area contributed by atoms with Crippen LogP contribution in [0.4, 0.5) is 0 Å². The molecule has 0 aliphatic carbocycles. The maximum absolute atomic E-state index is 11.4. The molecule has 1 fully saturated rings. The maximum atomic E-state index is 11.4. The zero-order valence-electron chi connectivity index (χ0n) is 14.6. The molecule has 1 aliphatic rings. The van der Waals surface area contributed by atoms with Crippen molar-refractivity contribution in [3.63, 3.8) is 0 Å². The van der Waals surface area contributed by atoms with Crippen LogP contribution in [0, 0.1) is 0 Å². The second kappa shape index (κ2) is 9.17. The van der Waals surface area contributed by atoms with Crippen molar-refractivity contribution < 1.29 is 19.4 Å². The SMILES string of the molecule is C=CCC[C@@H](CN1CCN(C(C)=O)CC1)Oc1ccc(C(=O)O)cn1. The van der Waals surface area contributed by atoms with Gasteiger partial charge in [-0.2, -0.15) is 0 Å². The van der Waals surface area contributed by atoms with Crippen molar-refractivity contribution in [1.29, 1.82) is 0 Å². The summed E-state index contributed by atoms with van der Waals surface area (Å²) < 4.78 is 5.95. The topological polar surface area (TPSA) is 83.0 Å². The van der Waals surface area contributed by atoms with Gasteiger partial charge < -0.3 is 14.7 Å². The molecule has 0 spiro atoms. The Labute approximate surface area is 147 Å². The predicted octanol–water partition coefficient (Wildman–Crippen LogP) is 1.66. The Balaban J connectivity index is 1.93. The monoisotopic (exact) mass is 347 g/mol. The highest BCUT2D eigenvalue weighted by atomic mass is 16.5. The Morgan fingerprint density at radius 1 is 1.36 bits per heavy atom. The normalized spacial score (nSPS) is 16.3. The number of nitrogens with zero attached hydrogens (tertiary/aromatic N) is 3. The number of carboxylic acids is 1. The van der Waals surface area contributed by atoms with E-state index in [2.05, 4.69) is 16.5 Å². The van der Waals surface area contributed by atoms with E-state index in [0.29, 0.717) is 5.88 Å². The molecule has 1 aliphatic heterocycles. The molecule has 7 nitrogen and oxygen atoms in total. The van der Waals surface area contributed by atoms with Gasteiger partial charge in [0.25, 0.3) is 0 Å². The lowest BCUT2D eigenvalue weighted by atomic mass is 10.1. The van der Waals surface area contributed by atoms with Gasteiger partial charge >= 0.3 is 5.97 Å². The third kappa shape index (κ3) is 5.86. The number of hydrogen-bond donors (Lipinski definition) is 1. The number of carbonyl (C=O) groups is 2. The van der Waals surface area contributed by atoms with Crippen LogP contribution >= 0.6 is 0 Å². The summed E-state index contributed by atoms with van der Waals surface area (Å²) in [6.07, 6.45) is 4.72. The molecule has 1 saturated heterocycles. The second-order valence-electron chi connectivity index (χ2n) is 6.10. The lowest BCUT2D eigenvalue weighted by Gasteiger charge is -2.35. The summed E-state index contributed by atoms with van der Waals surface area (Å²) in [5, 5.41) is 8.92. The van der Waals surface area contributed by atoms with Crippen LogP contribution in [0.25, 0.3) is 0 Å². The van der Waals surface area contributed by atoms with Crippen LogP contribution in [0.15, 0.2) is 31.0 Å². The molecule has 136 valence electrons. The quantitative estimate of drug-likeness (QED) is 0.720. The van der Waals surface area contributed by atoms with Gasteiger partial charge in [0.05, 0.1) is 5.56 Å². The maximum Gasteiger partial charge on any atom is 0.337 e. The molecule has 2 rings (SSSR count). The van der Waals surface area contributed by atoms with E-state index in [1.165, 1.54) is 12.3 Å². The van der Waals surface area contributed by atoms with Crippen LogP contribution in [0.5, 0.6) is 5.88 Å². The number of piperazine rings is 1. The number of amides is 1. The van der Waals surface area contributed by atoms with Crippen LogP contribution in [-0.2, 0) is 4.79 Å². The van der Waals surface area contributed by atoms with E-state index in [1.807, 2.05) is 11.0 Å². The molecule has 1 aromatic rings. The standard InChI is InChI=1S/C18H25N3O4/c1-3-4-5-16(13-20-8-10-21(11-9-20)14(2)22)25-17-7-6-15(12-19-17)18(23)24/h3,6-7,12,16H,1,4-5,8-11,13H2,2H3,(H,23,24)/t16-/m0/s1. The smallest absolute Gasteiger partial charge is 0.337 e. The minimum Gasteiger partial charge on any atom is -0.478 e. The first kappa shape index (κ1) is 18.9. The summed E-state index contributed by atoms with van der Waals surface area (Å²) in [5.41, 5.74) is 0.135. The molecule has 7 heteroatoms. The van der Waals surface area contributed by atoms with Crippen LogP contribution in [0.2, 0.25) is 0 Å². The molecule has 0 bridgehead atoms. The van der Waals surface area contributed by atoms with E-state index in [-0.39, 0.29) is 17.6 Å². The summed E-state index contributed by atoms with van der Waals surface area (Å²) in [5.74, 6) is -0.478. The molecule has 0 unspecified atom stereocenters. The summed E-state index contributed by atoms with van der Waals surface area (Å²) in [6, 6.07) is 3.07. The summed E-state index contributed by atoms with van der Waals surface area (Å²) >= 11 is 0. The zero-order valence-corrected chi connectivity index (χ0v) is 14.6. The highest BCUT2D eigenvalue weighted by Crippen LogP contribution is 2.14. The van der Waals surface area contributed by atoms with E-state index in [4.69, 9.17) is 9.84 Å². The van der Waals surface area contributed by atoms with Crippen molar-refractivity contribution in [2.45, 2.75) is 25.9 Å². The first-order valence-electron chi connectivity index (χ1n) is 8.44. The Morgan fingerprint density at radius 3 is 2.60 bits per heavy atom. The number of pyridine rings is 1. The predicted molar refractivity (Wildman–Crippen MR) is 93.7 cm³/mol. The second-order valence-corrected chi connectivity index (χ2v) is 6.10. The van der Waals surface area contributed by atoms with Crippen molar-refractivity contribution in [2.75, 3.05) is 32.7 Å².